The van der Waals surface area contributed by atoms with Gasteiger partial charge in [0.1, 0.15) is 11.5 Å². The molecule has 0 bridgehead atoms. The van der Waals surface area contributed by atoms with E-state index in [1.807, 2.05) is 35.7 Å². The van der Waals surface area contributed by atoms with E-state index in [1.54, 1.807) is 19.2 Å². The number of carbonyl (C=O) groups is 1. The Balaban J connectivity index is 2.01. The number of benzene rings is 1. The third kappa shape index (κ3) is 5.96. The lowest BCUT2D eigenvalue weighted by Gasteiger charge is -2.28. The molecule has 5 heteroatoms. The maximum atomic E-state index is 12.7. The van der Waals surface area contributed by atoms with Crippen LogP contribution in [0, 0.1) is 11.8 Å². The van der Waals surface area contributed by atoms with Crippen LogP contribution in [-0.2, 0) is 4.79 Å². The van der Waals surface area contributed by atoms with Crippen LogP contribution in [0.4, 0.5) is 0 Å². The minimum Gasteiger partial charge on any atom is -0.497 e. The van der Waals surface area contributed by atoms with Crippen molar-refractivity contribution in [1.82, 2.24) is 0 Å². The van der Waals surface area contributed by atoms with E-state index in [0.717, 1.165) is 30.1 Å². The van der Waals surface area contributed by atoms with Crippen molar-refractivity contribution in [1.29, 1.82) is 0 Å². The highest BCUT2D eigenvalue weighted by Gasteiger charge is 2.32. The fourth-order valence-corrected chi connectivity index (χ4v) is 5.64. The van der Waals surface area contributed by atoms with Crippen molar-refractivity contribution in [3.05, 3.63) is 24.3 Å². The molecular formula is C18H26O3S2. The van der Waals surface area contributed by atoms with Gasteiger partial charge in [0.25, 0.3) is 0 Å². The quantitative estimate of drug-likeness (QED) is 0.517. The van der Waals surface area contributed by atoms with E-state index in [9.17, 15) is 4.79 Å². The molecule has 1 atom stereocenters. The fourth-order valence-electron chi connectivity index (χ4n) is 2.45. The Morgan fingerprint density at radius 1 is 1.13 bits per heavy atom. The van der Waals surface area contributed by atoms with Gasteiger partial charge in [-0.15, -0.1) is 23.5 Å². The Bertz CT molecular complexity index is 482. The standard InChI is InChI=1S/C18H26O3S2/c1-13(2)5-10-16(18-22-11-4-12-23-18)17(19)21-15-8-6-14(20-3)7-9-15/h6-9,13,16,18H,4-5,10-12H2,1-3H3. The van der Waals surface area contributed by atoms with Gasteiger partial charge in [0, 0.05) is 0 Å². The van der Waals surface area contributed by atoms with Crippen LogP contribution in [0.2, 0.25) is 0 Å². The molecule has 1 saturated heterocycles. The van der Waals surface area contributed by atoms with E-state index in [0.29, 0.717) is 16.2 Å². The summed E-state index contributed by atoms with van der Waals surface area (Å²) < 4.78 is 11.1. The summed E-state index contributed by atoms with van der Waals surface area (Å²) in [6, 6.07) is 7.21. The van der Waals surface area contributed by atoms with Crippen LogP contribution in [0.25, 0.3) is 0 Å². The highest BCUT2D eigenvalue weighted by Crippen LogP contribution is 2.39. The zero-order valence-corrected chi connectivity index (χ0v) is 15.8. The van der Waals surface area contributed by atoms with Crippen molar-refractivity contribution < 1.29 is 14.3 Å². The number of methoxy groups -OCH3 is 1. The number of rotatable bonds is 7. The highest BCUT2D eigenvalue weighted by atomic mass is 32.2. The van der Waals surface area contributed by atoms with Crippen molar-refractivity contribution >= 4 is 29.5 Å². The molecule has 23 heavy (non-hydrogen) atoms. The van der Waals surface area contributed by atoms with Crippen LogP contribution < -0.4 is 9.47 Å². The maximum Gasteiger partial charge on any atom is 0.316 e. The smallest absolute Gasteiger partial charge is 0.316 e. The number of ether oxygens (including phenoxy) is 2. The first-order valence-electron chi connectivity index (χ1n) is 8.19. The molecule has 0 N–H and O–H groups in total. The lowest BCUT2D eigenvalue weighted by Crippen LogP contribution is -2.30. The molecule has 0 saturated carbocycles. The second-order valence-electron chi connectivity index (χ2n) is 6.14. The van der Waals surface area contributed by atoms with Gasteiger partial charge in [0.15, 0.2) is 0 Å². The average molecular weight is 355 g/mol. The molecule has 1 heterocycles. The predicted molar refractivity (Wildman–Crippen MR) is 99.5 cm³/mol. The van der Waals surface area contributed by atoms with E-state index in [1.165, 1.54) is 6.42 Å². The molecule has 0 radical (unpaired) electrons. The van der Waals surface area contributed by atoms with E-state index >= 15 is 0 Å². The van der Waals surface area contributed by atoms with Crippen molar-refractivity contribution in [2.24, 2.45) is 11.8 Å². The largest absolute Gasteiger partial charge is 0.497 e. The zero-order valence-electron chi connectivity index (χ0n) is 14.1. The van der Waals surface area contributed by atoms with Gasteiger partial charge in [-0.05, 0) is 54.5 Å². The monoisotopic (exact) mass is 354 g/mol. The van der Waals surface area contributed by atoms with Gasteiger partial charge in [-0.3, -0.25) is 4.79 Å². The summed E-state index contributed by atoms with van der Waals surface area (Å²) in [7, 11) is 1.63. The summed E-state index contributed by atoms with van der Waals surface area (Å²) in [4.78, 5) is 12.7. The lowest BCUT2D eigenvalue weighted by atomic mass is 9.99. The van der Waals surface area contributed by atoms with Gasteiger partial charge in [0.05, 0.1) is 17.6 Å². The lowest BCUT2D eigenvalue weighted by molar-refractivity contribution is -0.138. The van der Waals surface area contributed by atoms with Gasteiger partial charge >= 0.3 is 5.97 Å². The summed E-state index contributed by atoms with van der Waals surface area (Å²) in [5, 5.41) is 0. The second-order valence-corrected chi connectivity index (χ2v) is 8.94. The molecule has 0 aliphatic carbocycles. The number of hydrogen-bond acceptors (Lipinski definition) is 5. The molecule has 1 aromatic rings. The first-order chi connectivity index (χ1) is 11.1. The first kappa shape index (κ1) is 18.5. The summed E-state index contributed by atoms with van der Waals surface area (Å²) >= 11 is 3.82. The van der Waals surface area contributed by atoms with Crippen LogP contribution in [-0.4, -0.2) is 29.2 Å². The van der Waals surface area contributed by atoms with Gasteiger partial charge in [0.2, 0.25) is 0 Å². The van der Waals surface area contributed by atoms with Crippen LogP contribution in [0.5, 0.6) is 11.5 Å². The Morgan fingerprint density at radius 2 is 1.74 bits per heavy atom. The van der Waals surface area contributed by atoms with Crippen LogP contribution in [0.1, 0.15) is 33.1 Å². The van der Waals surface area contributed by atoms with Gasteiger partial charge in [-0.2, -0.15) is 0 Å². The van der Waals surface area contributed by atoms with Crippen molar-refractivity contribution in [3.8, 4) is 11.5 Å². The Hall–Kier alpha value is -0.810. The molecule has 2 rings (SSSR count). The normalized spacial score (nSPS) is 17.0. The molecule has 1 fully saturated rings. The number of hydrogen-bond donors (Lipinski definition) is 0. The zero-order chi connectivity index (χ0) is 16.7. The Labute approximate surface area is 147 Å². The summed E-state index contributed by atoms with van der Waals surface area (Å²) in [5.41, 5.74) is 0. The van der Waals surface area contributed by atoms with E-state index < -0.39 is 0 Å². The first-order valence-corrected chi connectivity index (χ1v) is 10.3. The Kier molecular flexibility index (Phi) is 7.63. The second kappa shape index (κ2) is 9.48. The third-order valence-electron chi connectivity index (χ3n) is 3.82. The third-order valence-corrected chi connectivity index (χ3v) is 7.00. The molecule has 0 spiro atoms. The van der Waals surface area contributed by atoms with Crippen molar-refractivity contribution in [2.75, 3.05) is 18.6 Å². The molecule has 0 amide bonds. The summed E-state index contributed by atoms with van der Waals surface area (Å²) in [6.45, 7) is 4.40. The topological polar surface area (TPSA) is 35.5 Å². The number of esters is 1. The molecular weight excluding hydrogens is 328 g/mol. The fraction of sp³-hybridized carbons (Fsp3) is 0.611. The van der Waals surface area contributed by atoms with Crippen LogP contribution in [0.3, 0.4) is 0 Å². The van der Waals surface area contributed by atoms with E-state index in [-0.39, 0.29) is 11.9 Å². The maximum absolute atomic E-state index is 12.7. The van der Waals surface area contributed by atoms with Crippen molar-refractivity contribution in [3.63, 3.8) is 0 Å². The molecule has 128 valence electrons. The predicted octanol–water partition coefficient (Wildman–Crippen LogP) is 4.85. The molecule has 1 aliphatic heterocycles. The molecule has 1 unspecified atom stereocenters. The highest BCUT2D eigenvalue weighted by molar-refractivity contribution is 8.17. The number of carbonyl (C=O) groups excluding carboxylic acids is 1. The average Bonchev–Trinajstić information content (AvgIpc) is 2.56. The van der Waals surface area contributed by atoms with Crippen LogP contribution in [0.15, 0.2) is 24.3 Å². The summed E-state index contributed by atoms with van der Waals surface area (Å²) in [5.74, 6) is 4.12. The molecule has 0 aromatic heterocycles. The van der Waals surface area contributed by atoms with E-state index in [4.69, 9.17) is 9.47 Å². The summed E-state index contributed by atoms with van der Waals surface area (Å²) in [6.07, 6.45) is 3.19. The SMILES string of the molecule is COc1ccc(OC(=O)C(CCC(C)C)C2SCCCS2)cc1. The minimum absolute atomic E-state index is 0.0326. The van der Waals surface area contributed by atoms with Gasteiger partial charge in [-0.1, -0.05) is 20.3 Å². The van der Waals surface area contributed by atoms with Crippen molar-refractivity contribution in [2.45, 2.75) is 37.7 Å². The minimum atomic E-state index is -0.0947. The molecule has 1 aromatic carbocycles. The van der Waals surface area contributed by atoms with Gasteiger partial charge in [-0.25, -0.2) is 0 Å². The molecule has 1 aliphatic rings. The Morgan fingerprint density at radius 3 is 2.30 bits per heavy atom. The molecule has 3 nitrogen and oxygen atoms in total. The van der Waals surface area contributed by atoms with Crippen LogP contribution >= 0.6 is 23.5 Å². The van der Waals surface area contributed by atoms with E-state index in [2.05, 4.69) is 13.8 Å². The number of thioether (sulfide) groups is 2. The van der Waals surface area contributed by atoms with Gasteiger partial charge < -0.3 is 9.47 Å².